The molecular formula is C12H22N4O4. The van der Waals surface area contributed by atoms with E-state index in [0.717, 1.165) is 19.5 Å². The minimum absolute atomic E-state index is 0.00412. The van der Waals surface area contributed by atoms with Crippen LogP contribution in [0.4, 0.5) is 4.79 Å². The van der Waals surface area contributed by atoms with E-state index in [9.17, 15) is 14.4 Å². The molecule has 0 saturated carbocycles. The zero-order valence-corrected chi connectivity index (χ0v) is 11.7. The lowest BCUT2D eigenvalue weighted by Crippen LogP contribution is -2.49. The van der Waals surface area contributed by atoms with Gasteiger partial charge in [-0.15, -0.1) is 0 Å². The third kappa shape index (κ3) is 5.43. The number of nitrogens with one attached hydrogen (secondary N) is 1. The van der Waals surface area contributed by atoms with Crippen molar-refractivity contribution in [2.45, 2.75) is 25.3 Å². The van der Waals surface area contributed by atoms with Gasteiger partial charge in [0.2, 0.25) is 5.91 Å². The Hall–Kier alpha value is -1.83. The largest absolute Gasteiger partial charge is 0.480 e. The number of aliphatic carboxylic acids is 1. The van der Waals surface area contributed by atoms with Crippen LogP contribution in [0.5, 0.6) is 0 Å². The predicted octanol–water partition coefficient (Wildman–Crippen LogP) is -0.948. The summed E-state index contributed by atoms with van der Waals surface area (Å²) < 4.78 is 0. The molecule has 1 rings (SSSR count). The van der Waals surface area contributed by atoms with Gasteiger partial charge in [-0.25, -0.2) is 9.59 Å². The second-order valence-corrected chi connectivity index (χ2v) is 4.99. The highest BCUT2D eigenvalue weighted by molar-refractivity contribution is 5.83. The monoisotopic (exact) mass is 286 g/mol. The average Bonchev–Trinajstić information content (AvgIpc) is 2.58. The number of nitrogens with two attached hydrogens (primary N) is 1. The summed E-state index contributed by atoms with van der Waals surface area (Å²) in [6.07, 6.45) is 0.785. The maximum atomic E-state index is 12.0. The van der Waals surface area contributed by atoms with Crippen LogP contribution < -0.4 is 11.1 Å². The number of carboxylic acids is 1. The van der Waals surface area contributed by atoms with Crippen LogP contribution in [-0.2, 0) is 9.59 Å². The molecule has 1 aliphatic heterocycles. The quantitative estimate of drug-likeness (QED) is 0.602. The fourth-order valence-electron chi connectivity index (χ4n) is 2.03. The van der Waals surface area contributed by atoms with Crippen molar-refractivity contribution in [2.24, 2.45) is 5.73 Å². The van der Waals surface area contributed by atoms with Crippen molar-refractivity contribution in [3.05, 3.63) is 0 Å². The molecule has 114 valence electrons. The number of carboxylic acid groups (broad SMARTS) is 1. The van der Waals surface area contributed by atoms with E-state index < -0.39 is 23.9 Å². The molecule has 1 atom stereocenters. The summed E-state index contributed by atoms with van der Waals surface area (Å²) in [6, 6.07) is -1.49. The molecule has 3 amide bonds. The van der Waals surface area contributed by atoms with Gasteiger partial charge in [-0.1, -0.05) is 0 Å². The first-order valence-corrected chi connectivity index (χ1v) is 6.65. The fraction of sp³-hybridized carbons (Fsp3) is 0.750. The fourth-order valence-corrected chi connectivity index (χ4v) is 2.03. The van der Waals surface area contributed by atoms with E-state index in [4.69, 9.17) is 10.8 Å². The zero-order valence-electron chi connectivity index (χ0n) is 11.7. The van der Waals surface area contributed by atoms with E-state index in [1.165, 1.54) is 0 Å². The van der Waals surface area contributed by atoms with Gasteiger partial charge in [-0.05, 0) is 26.4 Å². The number of likely N-dealkylation sites (N-methyl/N-ethyl adjacent to an activating group) is 1. The van der Waals surface area contributed by atoms with Crippen LogP contribution in [0.3, 0.4) is 0 Å². The normalized spacial score (nSPS) is 18.1. The second-order valence-electron chi connectivity index (χ2n) is 4.99. The summed E-state index contributed by atoms with van der Waals surface area (Å²) in [6.45, 7) is 2.82. The van der Waals surface area contributed by atoms with Gasteiger partial charge in [0.15, 0.2) is 0 Å². The molecule has 4 N–H and O–H groups in total. The maximum Gasteiger partial charge on any atom is 0.326 e. The molecule has 0 aromatic heterocycles. The van der Waals surface area contributed by atoms with Crippen molar-refractivity contribution in [1.29, 1.82) is 0 Å². The van der Waals surface area contributed by atoms with Gasteiger partial charge < -0.3 is 26.0 Å². The number of carbonyl (C=O) groups is 3. The highest BCUT2D eigenvalue weighted by Crippen LogP contribution is 2.04. The number of rotatable bonds is 5. The van der Waals surface area contributed by atoms with Crippen LogP contribution in [0.25, 0.3) is 0 Å². The minimum atomic E-state index is -1.16. The molecule has 20 heavy (non-hydrogen) atoms. The molecule has 8 heteroatoms. The Kier molecular flexibility index (Phi) is 6.23. The summed E-state index contributed by atoms with van der Waals surface area (Å²) in [4.78, 5) is 37.5. The number of hydrogen-bond acceptors (Lipinski definition) is 4. The van der Waals surface area contributed by atoms with E-state index in [-0.39, 0.29) is 12.8 Å². The van der Waals surface area contributed by atoms with E-state index in [1.54, 1.807) is 4.90 Å². The van der Waals surface area contributed by atoms with Crippen molar-refractivity contribution in [3.63, 3.8) is 0 Å². The van der Waals surface area contributed by atoms with Crippen LogP contribution in [-0.4, -0.2) is 72.1 Å². The molecule has 8 nitrogen and oxygen atoms in total. The highest BCUT2D eigenvalue weighted by atomic mass is 16.4. The number of nitrogens with zero attached hydrogens (tertiary/aromatic N) is 2. The van der Waals surface area contributed by atoms with E-state index >= 15 is 0 Å². The Bertz CT molecular complexity index is 374. The molecule has 1 fully saturated rings. The summed E-state index contributed by atoms with van der Waals surface area (Å²) >= 11 is 0. The predicted molar refractivity (Wildman–Crippen MR) is 72.1 cm³/mol. The molecule has 0 spiro atoms. The standard InChI is InChI=1S/C12H22N4O4/c1-15-5-2-6-16(8-7-15)12(20)14-9(11(18)19)3-4-10(13)17/h9H,2-8H2,1H3,(H2,13,17)(H,14,20)(H,18,19)/t9-/m1/s1. The first-order valence-electron chi connectivity index (χ1n) is 6.65. The SMILES string of the molecule is CN1CCCN(C(=O)N[C@H](CCC(N)=O)C(=O)O)CC1. The molecule has 1 aliphatic rings. The Balaban J connectivity index is 2.52. The van der Waals surface area contributed by atoms with Crippen LogP contribution in [0, 0.1) is 0 Å². The molecular weight excluding hydrogens is 264 g/mol. The minimum Gasteiger partial charge on any atom is -0.480 e. The Morgan fingerprint density at radius 2 is 1.95 bits per heavy atom. The second kappa shape index (κ2) is 7.68. The third-order valence-corrected chi connectivity index (χ3v) is 3.28. The van der Waals surface area contributed by atoms with Crippen LogP contribution in [0.2, 0.25) is 0 Å². The molecule has 0 radical (unpaired) electrons. The van der Waals surface area contributed by atoms with E-state index in [0.29, 0.717) is 13.1 Å². The van der Waals surface area contributed by atoms with Gasteiger partial charge in [0.05, 0.1) is 0 Å². The average molecular weight is 286 g/mol. The van der Waals surface area contributed by atoms with E-state index in [2.05, 4.69) is 10.2 Å². The van der Waals surface area contributed by atoms with Gasteiger partial charge in [0, 0.05) is 26.1 Å². The number of primary amides is 1. The molecule has 0 aliphatic carbocycles. The summed E-state index contributed by atoms with van der Waals surface area (Å²) in [7, 11) is 1.98. The van der Waals surface area contributed by atoms with Crippen LogP contribution >= 0.6 is 0 Å². The van der Waals surface area contributed by atoms with Crippen molar-refractivity contribution in [3.8, 4) is 0 Å². The Labute approximate surface area is 117 Å². The first kappa shape index (κ1) is 16.2. The molecule has 0 bridgehead atoms. The van der Waals surface area contributed by atoms with Crippen LogP contribution in [0.15, 0.2) is 0 Å². The van der Waals surface area contributed by atoms with E-state index in [1.807, 2.05) is 7.05 Å². The molecule has 0 unspecified atom stereocenters. The van der Waals surface area contributed by atoms with Gasteiger partial charge in [-0.3, -0.25) is 4.79 Å². The van der Waals surface area contributed by atoms with Gasteiger partial charge in [-0.2, -0.15) is 0 Å². The maximum absolute atomic E-state index is 12.0. The molecule has 1 saturated heterocycles. The Morgan fingerprint density at radius 3 is 2.55 bits per heavy atom. The Morgan fingerprint density at radius 1 is 1.25 bits per heavy atom. The van der Waals surface area contributed by atoms with Gasteiger partial charge in [0.25, 0.3) is 0 Å². The smallest absolute Gasteiger partial charge is 0.326 e. The summed E-state index contributed by atoms with van der Waals surface area (Å²) in [5.41, 5.74) is 4.99. The highest BCUT2D eigenvalue weighted by Gasteiger charge is 2.24. The zero-order chi connectivity index (χ0) is 15.1. The lowest BCUT2D eigenvalue weighted by atomic mass is 10.1. The first-order chi connectivity index (χ1) is 9.40. The van der Waals surface area contributed by atoms with Crippen molar-refractivity contribution in [1.82, 2.24) is 15.1 Å². The lowest BCUT2D eigenvalue weighted by Gasteiger charge is -2.23. The number of hydrogen-bond donors (Lipinski definition) is 3. The molecule has 0 aromatic carbocycles. The number of carbonyl (C=O) groups excluding carboxylic acids is 2. The van der Waals surface area contributed by atoms with Crippen molar-refractivity contribution in [2.75, 3.05) is 33.2 Å². The number of amides is 3. The van der Waals surface area contributed by atoms with Gasteiger partial charge >= 0.3 is 12.0 Å². The van der Waals surface area contributed by atoms with Gasteiger partial charge in [0.1, 0.15) is 6.04 Å². The molecule has 0 aromatic rings. The third-order valence-electron chi connectivity index (χ3n) is 3.28. The van der Waals surface area contributed by atoms with Crippen molar-refractivity contribution >= 4 is 17.9 Å². The summed E-state index contributed by atoms with van der Waals surface area (Å²) in [5, 5.41) is 11.5. The van der Waals surface area contributed by atoms with Crippen LogP contribution in [0.1, 0.15) is 19.3 Å². The topological polar surface area (TPSA) is 116 Å². The number of urea groups is 1. The van der Waals surface area contributed by atoms with Crippen molar-refractivity contribution < 1.29 is 19.5 Å². The lowest BCUT2D eigenvalue weighted by molar-refractivity contribution is -0.139. The summed E-state index contributed by atoms with van der Waals surface area (Å²) in [5.74, 6) is -1.74. The molecule has 1 heterocycles.